The molecule has 174 valence electrons. The highest BCUT2D eigenvalue weighted by atomic mass is 35.5. The Morgan fingerprint density at radius 1 is 1.15 bits per heavy atom. The van der Waals surface area contributed by atoms with Gasteiger partial charge in [0.1, 0.15) is 4.90 Å². The Morgan fingerprint density at radius 2 is 1.88 bits per heavy atom. The highest BCUT2D eigenvalue weighted by Crippen LogP contribution is 2.32. The summed E-state index contributed by atoms with van der Waals surface area (Å²) in [4.78, 5) is 16.9. The van der Waals surface area contributed by atoms with Crippen LogP contribution < -0.4 is 5.32 Å². The van der Waals surface area contributed by atoms with Crippen LogP contribution >= 0.6 is 11.6 Å². The molecular weight excluding hydrogens is 464 g/mol. The van der Waals surface area contributed by atoms with Crippen molar-refractivity contribution in [3.63, 3.8) is 0 Å². The summed E-state index contributed by atoms with van der Waals surface area (Å²) in [5.41, 5.74) is 3.41. The number of anilines is 1. The zero-order valence-corrected chi connectivity index (χ0v) is 20.2. The molecule has 1 N–H and O–H groups in total. The summed E-state index contributed by atoms with van der Waals surface area (Å²) in [6.45, 7) is 6.08. The highest BCUT2D eigenvalue weighted by molar-refractivity contribution is 7.89. The Hall–Kier alpha value is -2.75. The van der Waals surface area contributed by atoms with Crippen LogP contribution in [0.15, 0.2) is 45.8 Å². The Labute approximate surface area is 198 Å². The Kier molecular flexibility index (Phi) is 6.56. The van der Waals surface area contributed by atoms with Crippen molar-refractivity contribution in [2.75, 3.05) is 18.4 Å². The minimum atomic E-state index is -3.85. The molecule has 2 heterocycles. The lowest BCUT2D eigenvalue weighted by atomic mass is 9.97. The number of carbonyl (C=O) groups is 1. The molecule has 3 aromatic rings. The van der Waals surface area contributed by atoms with Crippen LogP contribution in [0.25, 0.3) is 11.4 Å². The van der Waals surface area contributed by atoms with Gasteiger partial charge < -0.3 is 9.84 Å². The van der Waals surface area contributed by atoms with Crippen molar-refractivity contribution in [1.29, 1.82) is 0 Å². The first-order chi connectivity index (χ1) is 15.7. The van der Waals surface area contributed by atoms with Crippen molar-refractivity contribution in [3.8, 4) is 11.4 Å². The lowest BCUT2D eigenvalue weighted by molar-refractivity contribution is -0.120. The lowest BCUT2D eigenvalue weighted by Gasteiger charge is -2.31. The standard InChI is InChI=1S/C23H25ClN4O4S/c1-14-5-4-6-20(15(14)2)26-23(29)17-9-11-28(12-10-17)33(30,31)21-13-18(7-8-19(21)24)22-25-16(3)32-27-22/h4-8,13,17H,9-12H2,1-3H3,(H,26,29). The van der Waals surface area contributed by atoms with E-state index in [1.54, 1.807) is 13.0 Å². The second kappa shape index (κ2) is 9.24. The van der Waals surface area contributed by atoms with E-state index in [9.17, 15) is 13.2 Å². The number of hydrogen-bond donors (Lipinski definition) is 1. The molecule has 33 heavy (non-hydrogen) atoms. The number of halogens is 1. The summed E-state index contributed by atoms with van der Waals surface area (Å²) >= 11 is 6.26. The van der Waals surface area contributed by atoms with E-state index in [4.69, 9.17) is 16.1 Å². The largest absolute Gasteiger partial charge is 0.339 e. The summed E-state index contributed by atoms with van der Waals surface area (Å²) in [6.07, 6.45) is 0.856. The van der Waals surface area contributed by atoms with Gasteiger partial charge in [0.15, 0.2) is 0 Å². The van der Waals surface area contributed by atoms with Gasteiger partial charge in [-0.1, -0.05) is 28.9 Å². The molecule has 4 rings (SSSR count). The fourth-order valence-electron chi connectivity index (χ4n) is 3.88. The van der Waals surface area contributed by atoms with E-state index >= 15 is 0 Å². The number of aromatic nitrogens is 2. The molecule has 0 bridgehead atoms. The molecule has 2 aromatic carbocycles. The van der Waals surface area contributed by atoms with E-state index in [0.717, 1.165) is 16.8 Å². The molecule has 0 radical (unpaired) electrons. The van der Waals surface area contributed by atoms with Crippen LogP contribution in [0.1, 0.15) is 29.9 Å². The van der Waals surface area contributed by atoms with Crippen molar-refractivity contribution in [3.05, 3.63) is 58.4 Å². The normalized spacial score (nSPS) is 15.5. The molecule has 1 aromatic heterocycles. The molecule has 1 aliphatic rings. The number of piperidine rings is 1. The van der Waals surface area contributed by atoms with Crippen molar-refractivity contribution in [1.82, 2.24) is 14.4 Å². The van der Waals surface area contributed by atoms with Gasteiger partial charge in [-0.15, -0.1) is 0 Å². The number of sulfonamides is 1. The molecule has 1 amide bonds. The maximum absolute atomic E-state index is 13.3. The van der Waals surface area contributed by atoms with Crippen LogP contribution in [0.4, 0.5) is 5.69 Å². The highest BCUT2D eigenvalue weighted by Gasteiger charge is 2.33. The van der Waals surface area contributed by atoms with Gasteiger partial charge in [-0.05, 0) is 62.1 Å². The zero-order valence-electron chi connectivity index (χ0n) is 18.6. The Balaban J connectivity index is 1.47. The molecule has 0 spiro atoms. The number of nitrogens with one attached hydrogen (secondary N) is 1. The minimum absolute atomic E-state index is 0.0117. The minimum Gasteiger partial charge on any atom is -0.339 e. The number of benzene rings is 2. The fourth-order valence-corrected chi connectivity index (χ4v) is 5.85. The Bertz CT molecular complexity index is 1300. The summed E-state index contributed by atoms with van der Waals surface area (Å²) in [6, 6.07) is 10.4. The van der Waals surface area contributed by atoms with Gasteiger partial charge >= 0.3 is 0 Å². The number of nitrogens with zero attached hydrogens (tertiary/aromatic N) is 3. The van der Waals surface area contributed by atoms with E-state index < -0.39 is 10.0 Å². The van der Waals surface area contributed by atoms with Crippen LogP contribution in [0.5, 0.6) is 0 Å². The van der Waals surface area contributed by atoms with Crippen molar-refractivity contribution >= 4 is 33.2 Å². The maximum Gasteiger partial charge on any atom is 0.244 e. The second-order valence-corrected chi connectivity index (χ2v) is 10.5. The fraction of sp³-hybridized carbons (Fsp3) is 0.348. The molecule has 0 aliphatic carbocycles. The summed E-state index contributed by atoms with van der Waals surface area (Å²) in [5, 5.41) is 6.96. The van der Waals surface area contributed by atoms with E-state index in [0.29, 0.717) is 30.1 Å². The third kappa shape index (κ3) is 4.80. The number of hydrogen-bond acceptors (Lipinski definition) is 6. The van der Waals surface area contributed by atoms with Crippen molar-refractivity contribution in [2.45, 2.75) is 38.5 Å². The lowest BCUT2D eigenvalue weighted by Crippen LogP contribution is -2.41. The molecule has 1 saturated heterocycles. The quantitative estimate of drug-likeness (QED) is 0.572. The smallest absolute Gasteiger partial charge is 0.244 e. The molecule has 1 aliphatic heterocycles. The second-order valence-electron chi connectivity index (χ2n) is 8.20. The van der Waals surface area contributed by atoms with E-state index in [2.05, 4.69) is 15.5 Å². The van der Waals surface area contributed by atoms with Crippen LogP contribution in [0, 0.1) is 26.7 Å². The topological polar surface area (TPSA) is 105 Å². The number of carbonyl (C=O) groups excluding carboxylic acids is 1. The zero-order chi connectivity index (χ0) is 23.8. The number of amides is 1. The molecule has 0 unspecified atom stereocenters. The van der Waals surface area contributed by atoms with Gasteiger partial charge in [-0.2, -0.15) is 9.29 Å². The van der Waals surface area contributed by atoms with Crippen molar-refractivity contribution < 1.29 is 17.7 Å². The van der Waals surface area contributed by atoms with Gasteiger partial charge in [-0.25, -0.2) is 8.42 Å². The molecular formula is C23H25ClN4O4S. The van der Waals surface area contributed by atoms with Crippen LogP contribution in [-0.2, 0) is 14.8 Å². The first-order valence-electron chi connectivity index (χ1n) is 10.6. The maximum atomic E-state index is 13.3. The SMILES string of the molecule is Cc1nc(-c2ccc(Cl)c(S(=O)(=O)N3CCC(C(=O)Nc4cccc(C)c4C)CC3)c2)no1. The molecule has 0 atom stereocenters. The van der Waals surface area contributed by atoms with Gasteiger partial charge in [-0.3, -0.25) is 4.79 Å². The first-order valence-corrected chi connectivity index (χ1v) is 12.5. The summed E-state index contributed by atoms with van der Waals surface area (Å²) in [5.74, 6) is 0.321. The van der Waals surface area contributed by atoms with E-state index in [1.807, 2.05) is 32.0 Å². The molecule has 0 saturated carbocycles. The molecule has 8 nitrogen and oxygen atoms in total. The van der Waals surface area contributed by atoms with Gasteiger partial charge in [0.25, 0.3) is 0 Å². The summed E-state index contributed by atoms with van der Waals surface area (Å²) in [7, 11) is -3.85. The predicted octanol–water partition coefficient (Wildman–Crippen LogP) is 4.35. The first kappa shape index (κ1) is 23.4. The monoisotopic (exact) mass is 488 g/mol. The van der Waals surface area contributed by atoms with E-state index in [1.165, 1.54) is 16.4 Å². The van der Waals surface area contributed by atoms with Gasteiger partial charge in [0.05, 0.1) is 5.02 Å². The average molecular weight is 489 g/mol. The van der Waals surface area contributed by atoms with Gasteiger partial charge in [0.2, 0.25) is 27.6 Å². The van der Waals surface area contributed by atoms with Crippen LogP contribution in [-0.4, -0.2) is 41.9 Å². The van der Waals surface area contributed by atoms with Gasteiger partial charge in [0, 0.05) is 37.2 Å². The predicted molar refractivity (Wildman–Crippen MR) is 126 cm³/mol. The molecule has 1 fully saturated rings. The van der Waals surface area contributed by atoms with Crippen molar-refractivity contribution in [2.24, 2.45) is 5.92 Å². The number of aryl methyl sites for hydroxylation is 2. The van der Waals surface area contributed by atoms with Crippen LogP contribution in [0.2, 0.25) is 5.02 Å². The molecule has 10 heteroatoms. The van der Waals surface area contributed by atoms with Crippen LogP contribution in [0.3, 0.4) is 0 Å². The third-order valence-corrected chi connectivity index (χ3v) is 8.40. The summed E-state index contributed by atoms with van der Waals surface area (Å²) < 4.78 is 33.0. The number of rotatable bonds is 5. The average Bonchev–Trinajstić information content (AvgIpc) is 3.23. The Morgan fingerprint density at radius 3 is 2.55 bits per heavy atom. The van der Waals surface area contributed by atoms with E-state index in [-0.39, 0.29) is 34.8 Å². The third-order valence-electron chi connectivity index (χ3n) is 6.02.